The minimum absolute atomic E-state index is 0.283. The zero-order valence-corrected chi connectivity index (χ0v) is 16.6. The number of nitrogens with zero attached hydrogens (tertiary/aromatic N) is 1. The van der Waals surface area contributed by atoms with Crippen molar-refractivity contribution in [3.8, 4) is 5.75 Å². The van der Waals surface area contributed by atoms with Crippen molar-refractivity contribution in [3.05, 3.63) is 99.0 Å². The molecule has 0 radical (unpaired) electrons. The molecule has 3 aromatic carbocycles. The SMILES string of the molecule is O=C(N/N=C/c1cccc(OCc2ccc(Cl)cc2)c1)c1ccccc1Br. The molecule has 3 aromatic rings. The first kappa shape index (κ1) is 19.1. The van der Waals surface area contributed by atoms with E-state index < -0.39 is 0 Å². The number of halogens is 2. The minimum atomic E-state index is -0.283. The Hall–Kier alpha value is -2.63. The van der Waals surface area contributed by atoms with Gasteiger partial charge in [0.25, 0.3) is 5.91 Å². The van der Waals surface area contributed by atoms with E-state index in [1.807, 2.05) is 54.6 Å². The second kappa shape index (κ2) is 9.35. The maximum absolute atomic E-state index is 12.1. The van der Waals surface area contributed by atoms with E-state index in [1.165, 1.54) is 0 Å². The van der Waals surface area contributed by atoms with Crippen LogP contribution in [0.3, 0.4) is 0 Å². The third-order valence-corrected chi connectivity index (χ3v) is 4.62. The van der Waals surface area contributed by atoms with Crippen LogP contribution in [-0.4, -0.2) is 12.1 Å². The summed E-state index contributed by atoms with van der Waals surface area (Å²) in [5.74, 6) is 0.430. The van der Waals surface area contributed by atoms with E-state index >= 15 is 0 Å². The van der Waals surface area contributed by atoms with Gasteiger partial charge in [-0.25, -0.2) is 5.43 Å². The van der Waals surface area contributed by atoms with Crippen molar-refractivity contribution in [1.82, 2.24) is 5.43 Å². The van der Waals surface area contributed by atoms with Gasteiger partial charge in [0.1, 0.15) is 12.4 Å². The number of ether oxygens (including phenoxy) is 1. The summed E-state index contributed by atoms with van der Waals surface area (Å²) >= 11 is 9.23. The van der Waals surface area contributed by atoms with Crippen molar-refractivity contribution < 1.29 is 9.53 Å². The zero-order valence-electron chi connectivity index (χ0n) is 14.2. The average Bonchev–Trinajstić information content (AvgIpc) is 2.68. The normalized spacial score (nSPS) is 10.7. The van der Waals surface area contributed by atoms with Crippen LogP contribution in [-0.2, 0) is 6.61 Å². The molecule has 0 aliphatic heterocycles. The summed E-state index contributed by atoms with van der Waals surface area (Å²) in [5.41, 5.74) is 4.88. The van der Waals surface area contributed by atoms with Crippen LogP contribution in [0.15, 0.2) is 82.4 Å². The lowest BCUT2D eigenvalue weighted by molar-refractivity contribution is 0.0954. The van der Waals surface area contributed by atoms with E-state index in [1.54, 1.807) is 24.4 Å². The van der Waals surface area contributed by atoms with Gasteiger partial charge in [-0.3, -0.25) is 4.79 Å². The van der Waals surface area contributed by atoms with Crippen molar-refractivity contribution >= 4 is 39.7 Å². The molecule has 3 rings (SSSR count). The molecular formula is C21H16BrClN2O2. The molecule has 27 heavy (non-hydrogen) atoms. The maximum atomic E-state index is 12.1. The molecule has 0 spiro atoms. The van der Waals surface area contributed by atoms with Crippen LogP contribution in [0.1, 0.15) is 21.5 Å². The summed E-state index contributed by atoms with van der Waals surface area (Å²) in [6.45, 7) is 0.441. The Morgan fingerprint density at radius 2 is 1.85 bits per heavy atom. The molecule has 0 aliphatic carbocycles. The molecule has 0 unspecified atom stereocenters. The van der Waals surface area contributed by atoms with E-state index in [-0.39, 0.29) is 5.91 Å². The van der Waals surface area contributed by atoms with Gasteiger partial charge in [-0.15, -0.1) is 0 Å². The fourth-order valence-corrected chi connectivity index (χ4v) is 2.89. The fraction of sp³-hybridized carbons (Fsp3) is 0.0476. The Kier molecular flexibility index (Phi) is 6.63. The molecule has 0 heterocycles. The maximum Gasteiger partial charge on any atom is 0.272 e. The van der Waals surface area contributed by atoms with Gasteiger partial charge < -0.3 is 4.74 Å². The molecule has 0 fully saturated rings. The third-order valence-electron chi connectivity index (χ3n) is 3.68. The number of hydrogen-bond donors (Lipinski definition) is 1. The van der Waals surface area contributed by atoms with Gasteiger partial charge in [0.05, 0.1) is 11.8 Å². The molecule has 4 nitrogen and oxygen atoms in total. The van der Waals surface area contributed by atoms with Gasteiger partial charge in [0, 0.05) is 9.50 Å². The summed E-state index contributed by atoms with van der Waals surface area (Å²) < 4.78 is 6.50. The van der Waals surface area contributed by atoms with E-state index in [0.717, 1.165) is 15.6 Å². The molecule has 136 valence electrons. The summed E-state index contributed by atoms with van der Waals surface area (Å²) in [6, 6.07) is 22.1. The second-order valence-corrected chi connectivity index (χ2v) is 6.96. The molecule has 0 aliphatic rings. The Morgan fingerprint density at radius 1 is 1.07 bits per heavy atom. The van der Waals surface area contributed by atoms with Crippen molar-refractivity contribution in [2.45, 2.75) is 6.61 Å². The van der Waals surface area contributed by atoms with Gasteiger partial charge in [-0.05, 0) is 63.5 Å². The van der Waals surface area contributed by atoms with E-state index in [2.05, 4.69) is 26.5 Å². The second-order valence-electron chi connectivity index (χ2n) is 5.67. The molecular weight excluding hydrogens is 428 g/mol. The Labute approximate surface area is 171 Å². The number of nitrogens with one attached hydrogen (secondary N) is 1. The summed E-state index contributed by atoms with van der Waals surface area (Å²) in [4.78, 5) is 12.1. The van der Waals surface area contributed by atoms with Crippen LogP contribution >= 0.6 is 27.5 Å². The highest BCUT2D eigenvalue weighted by atomic mass is 79.9. The zero-order chi connectivity index (χ0) is 19.1. The number of carbonyl (C=O) groups is 1. The number of carbonyl (C=O) groups excluding carboxylic acids is 1. The summed E-state index contributed by atoms with van der Waals surface area (Å²) in [7, 11) is 0. The van der Waals surface area contributed by atoms with Crippen molar-refractivity contribution in [2.75, 3.05) is 0 Å². The average molecular weight is 444 g/mol. The molecule has 0 saturated heterocycles. The molecule has 1 N–H and O–H groups in total. The number of benzene rings is 3. The predicted molar refractivity (Wildman–Crippen MR) is 111 cm³/mol. The fourth-order valence-electron chi connectivity index (χ4n) is 2.30. The lowest BCUT2D eigenvalue weighted by atomic mass is 10.2. The molecule has 0 aromatic heterocycles. The lowest BCUT2D eigenvalue weighted by Crippen LogP contribution is -2.18. The van der Waals surface area contributed by atoms with Gasteiger partial charge in [-0.2, -0.15) is 5.10 Å². The third kappa shape index (κ3) is 5.67. The molecule has 6 heteroatoms. The van der Waals surface area contributed by atoms with E-state index in [0.29, 0.717) is 22.9 Å². The smallest absolute Gasteiger partial charge is 0.272 e. The van der Waals surface area contributed by atoms with Crippen molar-refractivity contribution in [1.29, 1.82) is 0 Å². The lowest BCUT2D eigenvalue weighted by Gasteiger charge is -2.07. The number of amides is 1. The van der Waals surface area contributed by atoms with Crippen molar-refractivity contribution in [2.24, 2.45) is 5.10 Å². The first-order valence-corrected chi connectivity index (χ1v) is 9.34. The number of rotatable bonds is 6. The van der Waals surface area contributed by atoms with E-state index in [4.69, 9.17) is 16.3 Å². The van der Waals surface area contributed by atoms with Crippen molar-refractivity contribution in [3.63, 3.8) is 0 Å². The Morgan fingerprint density at radius 3 is 2.63 bits per heavy atom. The minimum Gasteiger partial charge on any atom is -0.489 e. The highest BCUT2D eigenvalue weighted by Gasteiger charge is 2.07. The molecule has 0 atom stereocenters. The van der Waals surface area contributed by atoms with Crippen LogP contribution in [0.2, 0.25) is 5.02 Å². The highest BCUT2D eigenvalue weighted by molar-refractivity contribution is 9.10. The van der Waals surface area contributed by atoms with Crippen LogP contribution in [0.4, 0.5) is 0 Å². The van der Waals surface area contributed by atoms with Crippen LogP contribution in [0.25, 0.3) is 0 Å². The largest absolute Gasteiger partial charge is 0.489 e. The molecule has 0 bridgehead atoms. The number of hydrogen-bond acceptors (Lipinski definition) is 3. The van der Waals surface area contributed by atoms with Gasteiger partial charge in [0.15, 0.2) is 0 Å². The standard InChI is InChI=1S/C21H16BrClN2O2/c22-20-7-2-1-6-19(20)21(26)25-24-13-16-4-3-5-18(12-16)27-14-15-8-10-17(23)11-9-15/h1-13H,14H2,(H,25,26)/b24-13+. The van der Waals surface area contributed by atoms with Crippen LogP contribution in [0.5, 0.6) is 5.75 Å². The number of hydrazone groups is 1. The van der Waals surface area contributed by atoms with Gasteiger partial charge >= 0.3 is 0 Å². The van der Waals surface area contributed by atoms with E-state index in [9.17, 15) is 4.79 Å². The van der Waals surface area contributed by atoms with Crippen LogP contribution in [0, 0.1) is 0 Å². The first-order valence-electron chi connectivity index (χ1n) is 8.17. The molecule has 1 amide bonds. The topological polar surface area (TPSA) is 50.7 Å². The highest BCUT2D eigenvalue weighted by Crippen LogP contribution is 2.17. The molecule has 0 saturated carbocycles. The summed E-state index contributed by atoms with van der Waals surface area (Å²) in [6.07, 6.45) is 1.57. The quantitative estimate of drug-likeness (QED) is 0.407. The Balaban J connectivity index is 1.58. The predicted octanol–water partition coefficient (Wildman–Crippen LogP) is 5.45. The summed E-state index contributed by atoms with van der Waals surface area (Å²) in [5, 5.41) is 4.71. The van der Waals surface area contributed by atoms with Gasteiger partial charge in [-0.1, -0.05) is 48.0 Å². The first-order chi connectivity index (χ1) is 13.1. The van der Waals surface area contributed by atoms with Gasteiger partial charge in [0.2, 0.25) is 0 Å². The Bertz CT molecular complexity index is 958. The monoisotopic (exact) mass is 442 g/mol. The van der Waals surface area contributed by atoms with Crippen LogP contribution < -0.4 is 10.2 Å².